The fourth-order valence-corrected chi connectivity index (χ4v) is 3.50. The van der Waals surface area contributed by atoms with Crippen LogP contribution in [-0.2, 0) is 14.8 Å². The maximum Gasteiger partial charge on any atom is 0.307 e. The number of pyridine rings is 1. The molecule has 1 atom stereocenters. The largest absolute Gasteiger partial charge is 0.481 e. The molecule has 2 heterocycles. The average molecular weight is 270 g/mol. The minimum Gasteiger partial charge on any atom is -0.481 e. The predicted molar refractivity (Wildman–Crippen MR) is 63.4 cm³/mol. The molecule has 7 heteroatoms. The second-order valence-electron chi connectivity index (χ2n) is 4.23. The van der Waals surface area contributed by atoms with E-state index in [1.807, 2.05) is 0 Å². The van der Waals surface area contributed by atoms with Gasteiger partial charge in [0.15, 0.2) is 0 Å². The molecule has 6 nitrogen and oxygen atoms in total. The third-order valence-corrected chi connectivity index (χ3v) is 4.85. The molecule has 1 aromatic rings. The highest BCUT2D eigenvalue weighted by atomic mass is 32.2. The number of hydrogen-bond donors (Lipinski definition) is 1. The van der Waals surface area contributed by atoms with Crippen LogP contribution in [0.4, 0.5) is 0 Å². The molecular weight excluding hydrogens is 256 g/mol. The van der Waals surface area contributed by atoms with Gasteiger partial charge in [-0.05, 0) is 25.0 Å². The van der Waals surface area contributed by atoms with Crippen molar-refractivity contribution in [2.24, 2.45) is 5.92 Å². The second-order valence-corrected chi connectivity index (χ2v) is 6.17. The van der Waals surface area contributed by atoms with Crippen molar-refractivity contribution in [2.45, 2.75) is 17.7 Å². The number of aliphatic carboxylic acids is 1. The summed E-state index contributed by atoms with van der Waals surface area (Å²) in [7, 11) is -3.62. The second kappa shape index (κ2) is 5.03. The van der Waals surface area contributed by atoms with Crippen molar-refractivity contribution in [3.05, 3.63) is 24.5 Å². The Morgan fingerprint density at radius 3 is 2.89 bits per heavy atom. The van der Waals surface area contributed by atoms with E-state index < -0.39 is 21.9 Å². The number of sulfonamides is 1. The summed E-state index contributed by atoms with van der Waals surface area (Å²) in [5, 5.41) is 8.96. The van der Waals surface area contributed by atoms with Crippen molar-refractivity contribution in [3.63, 3.8) is 0 Å². The first-order chi connectivity index (χ1) is 8.51. The fraction of sp³-hybridized carbons (Fsp3) is 0.455. The Labute approximate surface area is 105 Å². The molecule has 0 spiro atoms. The molecule has 1 aliphatic heterocycles. The lowest BCUT2D eigenvalue weighted by Gasteiger charge is -2.29. The van der Waals surface area contributed by atoms with Crippen LogP contribution in [0.15, 0.2) is 29.4 Å². The quantitative estimate of drug-likeness (QED) is 0.867. The van der Waals surface area contributed by atoms with E-state index in [0.29, 0.717) is 19.4 Å². The summed E-state index contributed by atoms with van der Waals surface area (Å²) in [5.41, 5.74) is 0. The SMILES string of the molecule is O=C(O)[C@@H]1CCCN(S(=O)(=O)c2cccnc2)C1. The van der Waals surface area contributed by atoms with Gasteiger partial charge in [-0.25, -0.2) is 8.42 Å². The Balaban J connectivity index is 2.23. The van der Waals surface area contributed by atoms with Crippen molar-refractivity contribution >= 4 is 16.0 Å². The summed E-state index contributed by atoms with van der Waals surface area (Å²) < 4.78 is 25.7. The van der Waals surface area contributed by atoms with Gasteiger partial charge in [0.05, 0.1) is 5.92 Å². The van der Waals surface area contributed by atoms with Gasteiger partial charge in [0.25, 0.3) is 0 Å². The molecule has 98 valence electrons. The molecular formula is C11H14N2O4S. The van der Waals surface area contributed by atoms with E-state index >= 15 is 0 Å². The number of carboxylic acid groups (broad SMARTS) is 1. The first kappa shape index (κ1) is 13.0. The Bertz CT molecular complexity index is 529. The molecule has 0 aliphatic carbocycles. The van der Waals surface area contributed by atoms with Crippen molar-refractivity contribution in [1.29, 1.82) is 0 Å². The Morgan fingerprint density at radius 1 is 1.50 bits per heavy atom. The van der Waals surface area contributed by atoms with Crippen LogP contribution in [0.5, 0.6) is 0 Å². The number of nitrogens with zero attached hydrogens (tertiary/aromatic N) is 2. The molecule has 0 radical (unpaired) electrons. The van der Waals surface area contributed by atoms with Crippen LogP contribution in [0, 0.1) is 5.92 Å². The maximum absolute atomic E-state index is 12.2. The standard InChI is InChI=1S/C11H14N2O4S/c14-11(15)9-3-2-6-13(8-9)18(16,17)10-4-1-5-12-7-10/h1,4-5,7,9H,2-3,6,8H2,(H,14,15)/t9-/m1/s1. The first-order valence-electron chi connectivity index (χ1n) is 5.65. The van der Waals surface area contributed by atoms with Gasteiger partial charge in [-0.3, -0.25) is 9.78 Å². The minimum atomic E-state index is -3.62. The van der Waals surface area contributed by atoms with Crippen LogP contribution in [0.25, 0.3) is 0 Å². The molecule has 0 aromatic carbocycles. The number of carboxylic acids is 1. The van der Waals surface area contributed by atoms with Gasteiger partial charge in [-0.1, -0.05) is 0 Å². The van der Waals surface area contributed by atoms with Gasteiger partial charge in [-0.15, -0.1) is 0 Å². The van der Waals surface area contributed by atoms with E-state index in [-0.39, 0.29) is 11.4 Å². The van der Waals surface area contributed by atoms with Crippen LogP contribution < -0.4 is 0 Å². The van der Waals surface area contributed by atoms with Gasteiger partial charge in [-0.2, -0.15) is 4.31 Å². The summed E-state index contributed by atoms with van der Waals surface area (Å²) >= 11 is 0. The van der Waals surface area contributed by atoms with Crippen LogP contribution in [-0.4, -0.2) is 41.9 Å². The normalized spacial score (nSPS) is 21.7. The Hall–Kier alpha value is -1.47. The third-order valence-electron chi connectivity index (χ3n) is 3.01. The minimum absolute atomic E-state index is 0.0343. The smallest absolute Gasteiger partial charge is 0.307 e. The topological polar surface area (TPSA) is 87.6 Å². The monoisotopic (exact) mass is 270 g/mol. The summed E-state index contributed by atoms with van der Waals surface area (Å²) in [6, 6.07) is 3.01. The highest BCUT2D eigenvalue weighted by Gasteiger charge is 2.33. The van der Waals surface area contributed by atoms with Gasteiger partial charge in [0, 0.05) is 25.5 Å². The lowest BCUT2D eigenvalue weighted by Crippen LogP contribution is -2.42. The lowest BCUT2D eigenvalue weighted by molar-refractivity contribution is -0.142. The van der Waals surface area contributed by atoms with Crippen molar-refractivity contribution < 1.29 is 18.3 Å². The van der Waals surface area contributed by atoms with Gasteiger partial charge in [0.2, 0.25) is 10.0 Å². The van der Waals surface area contributed by atoms with Crippen LogP contribution in [0.3, 0.4) is 0 Å². The van der Waals surface area contributed by atoms with Crippen LogP contribution in [0.2, 0.25) is 0 Å². The predicted octanol–water partition coefficient (Wildman–Crippen LogP) is 0.567. The van der Waals surface area contributed by atoms with E-state index in [9.17, 15) is 13.2 Å². The molecule has 2 rings (SSSR count). The van der Waals surface area contributed by atoms with E-state index in [1.165, 1.54) is 22.8 Å². The van der Waals surface area contributed by atoms with Gasteiger partial charge >= 0.3 is 5.97 Å². The Kier molecular flexibility index (Phi) is 3.63. The van der Waals surface area contributed by atoms with E-state index in [2.05, 4.69) is 4.98 Å². The molecule has 1 fully saturated rings. The highest BCUT2D eigenvalue weighted by Crippen LogP contribution is 2.23. The zero-order valence-electron chi connectivity index (χ0n) is 9.69. The molecule has 1 aliphatic rings. The Morgan fingerprint density at radius 2 is 2.28 bits per heavy atom. The molecule has 0 unspecified atom stereocenters. The highest BCUT2D eigenvalue weighted by molar-refractivity contribution is 7.89. The number of rotatable bonds is 3. The molecule has 1 aromatic heterocycles. The third kappa shape index (κ3) is 2.51. The summed E-state index contributed by atoms with van der Waals surface area (Å²) in [6.45, 7) is 0.396. The van der Waals surface area contributed by atoms with Gasteiger partial charge in [0.1, 0.15) is 4.90 Å². The summed E-state index contributed by atoms with van der Waals surface area (Å²) in [4.78, 5) is 14.8. The summed E-state index contributed by atoms with van der Waals surface area (Å²) in [5.74, 6) is -1.56. The molecule has 0 saturated carbocycles. The molecule has 1 saturated heterocycles. The van der Waals surface area contributed by atoms with Gasteiger partial charge < -0.3 is 5.11 Å². The summed E-state index contributed by atoms with van der Waals surface area (Å²) in [6.07, 6.45) is 3.86. The molecule has 0 bridgehead atoms. The zero-order valence-corrected chi connectivity index (χ0v) is 10.5. The molecule has 1 N–H and O–H groups in total. The number of carbonyl (C=O) groups is 1. The number of hydrogen-bond acceptors (Lipinski definition) is 4. The lowest BCUT2D eigenvalue weighted by atomic mass is 10.0. The maximum atomic E-state index is 12.2. The van der Waals surface area contributed by atoms with Crippen molar-refractivity contribution in [2.75, 3.05) is 13.1 Å². The van der Waals surface area contributed by atoms with Crippen LogP contribution in [0.1, 0.15) is 12.8 Å². The van der Waals surface area contributed by atoms with Crippen molar-refractivity contribution in [3.8, 4) is 0 Å². The molecule has 18 heavy (non-hydrogen) atoms. The average Bonchev–Trinajstić information content (AvgIpc) is 2.40. The number of piperidine rings is 1. The van der Waals surface area contributed by atoms with E-state index in [1.54, 1.807) is 6.07 Å². The fourth-order valence-electron chi connectivity index (χ4n) is 2.01. The first-order valence-corrected chi connectivity index (χ1v) is 7.09. The number of aromatic nitrogens is 1. The zero-order chi connectivity index (χ0) is 13.2. The molecule has 0 amide bonds. The van der Waals surface area contributed by atoms with E-state index in [0.717, 1.165) is 0 Å². The van der Waals surface area contributed by atoms with E-state index in [4.69, 9.17) is 5.11 Å². The van der Waals surface area contributed by atoms with Crippen molar-refractivity contribution in [1.82, 2.24) is 9.29 Å². The van der Waals surface area contributed by atoms with Crippen LogP contribution >= 0.6 is 0 Å².